The highest BCUT2D eigenvalue weighted by molar-refractivity contribution is 6.06. The van der Waals surface area contributed by atoms with Crippen molar-refractivity contribution in [2.75, 3.05) is 22.9 Å². The molecule has 2 aromatic rings. The SMILES string of the molecule is C=C/C=c1/ccc(N2CCN(c3ccccc3)C2=O)c/c1=C/N. The van der Waals surface area contributed by atoms with Crippen molar-refractivity contribution in [3.63, 3.8) is 0 Å². The maximum atomic E-state index is 12.7. The fourth-order valence-electron chi connectivity index (χ4n) is 2.78. The number of anilines is 2. The molecule has 0 saturated carbocycles. The van der Waals surface area contributed by atoms with Crippen molar-refractivity contribution in [3.8, 4) is 0 Å². The Hall–Kier alpha value is -3.01. The van der Waals surface area contributed by atoms with Crippen LogP contribution in [0.25, 0.3) is 12.3 Å². The van der Waals surface area contributed by atoms with E-state index in [9.17, 15) is 4.79 Å². The Bertz CT molecular complexity index is 843. The van der Waals surface area contributed by atoms with Gasteiger partial charge in [-0.05, 0) is 34.7 Å². The van der Waals surface area contributed by atoms with Crippen LogP contribution in [0.1, 0.15) is 0 Å². The Morgan fingerprint density at radius 2 is 1.65 bits per heavy atom. The van der Waals surface area contributed by atoms with Crippen molar-refractivity contribution < 1.29 is 4.79 Å². The van der Waals surface area contributed by atoms with E-state index in [-0.39, 0.29) is 6.03 Å². The lowest BCUT2D eigenvalue weighted by Crippen LogP contribution is -2.34. The third-order valence-electron chi connectivity index (χ3n) is 3.94. The Labute approximate surface area is 135 Å². The normalized spacial score (nSPS) is 16.3. The van der Waals surface area contributed by atoms with Crippen molar-refractivity contribution in [2.45, 2.75) is 0 Å². The number of benzene rings is 2. The second kappa shape index (κ2) is 6.40. The number of hydrogen-bond donors (Lipinski definition) is 1. The summed E-state index contributed by atoms with van der Waals surface area (Å²) in [6.07, 6.45) is 5.17. The van der Waals surface area contributed by atoms with E-state index in [0.29, 0.717) is 13.1 Å². The van der Waals surface area contributed by atoms with Gasteiger partial charge in [0.25, 0.3) is 0 Å². The quantitative estimate of drug-likeness (QED) is 0.940. The third-order valence-corrected chi connectivity index (χ3v) is 3.94. The highest BCUT2D eigenvalue weighted by atomic mass is 16.2. The lowest BCUT2D eigenvalue weighted by molar-refractivity contribution is 0.256. The number of nitrogens with zero attached hydrogens (tertiary/aromatic N) is 2. The van der Waals surface area contributed by atoms with Gasteiger partial charge in [0.1, 0.15) is 0 Å². The van der Waals surface area contributed by atoms with Crippen LogP contribution in [-0.2, 0) is 0 Å². The highest BCUT2D eigenvalue weighted by Crippen LogP contribution is 2.23. The fraction of sp³-hybridized carbons (Fsp3) is 0.105. The molecule has 4 nitrogen and oxygen atoms in total. The van der Waals surface area contributed by atoms with Crippen LogP contribution in [0.5, 0.6) is 0 Å². The molecule has 0 radical (unpaired) electrons. The Morgan fingerprint density at radius 1 is 0.957 bits per heavy atom. The molecule has 0 spiro atoms. The predicted octanol–water partition coefficient (Wildman–Crippen LogP) is 1.80. The molecular weight excluding hydrogens is 286 g/mol. The topological polar surface area (TPSA) is 49.6 Å². The number of amides is 2. The molecule has 0 aromatic heterocycles. The highest BCUT2D eigenvalue weighted by Gasteiger charge is 2.30. The first-order chi connectivity index (χ1) is 11.2. The molecule has 2 N–H and O–H groups in total. The van der Waals surface area contributed by atoms with Gasteiger partial charge in [-0.3, -0.25) is 9.80 Å². The molecule has 0 aliphatic carbocycles. The van der Waals surface area contributed by atoms with Gasteiger partial charge in [0.05, 0.1) is 0 Å². The molecule has 1 aliphatic rings. The lowest BCUT2D eigenvalue weighted by atomic mass is 10.2. The molecular formula is C19H19N3O. The molecule has 3 rings (SSSR count). The van der Waals surface area contributed by atoms with E-state index >= 15 is 0 Å². The molecule has 1 heterocycles. The van der Waals surface area contributed by atoms with Gasteiger partial charge in [-0.1, -0.05) is 43.0 Å². The zero-order chi connectivity index (χ0) is 16.2. The van der Waals surface area contributed by atoms with Gasteiger partial charge in [-0.25, -0.2) is 4.79 Å². The molecule has 1 aliphatic heterocycles. The van der Waals surface area contributed by atoms with E-state index in [1.807, 2.05) is 54.6 Å². The van der Waals surface area contributed by atoms with Crippen LogP contribution in [0.3, 0.4) is 0 Å². The zero-order valence-electron chi connectivity index (χ0n) is 12.9. The lowest BCUT2D eigenvalue weighted by Gasteiger charge is -2.19. The maximum Gasteiger partial charge on any atom is 0.329 e. The Kier molecular flexibility index (Phi) is 4.15. The minimum Gasteiger partial charge on any atom is -0.404 e. The van der Waals surface area contributed by atoms with Crippen LogP contribution in [0.2, 0.25) is 0 Å². The third kappa shape index (κ3) is 2.83. The standard InChI is InChI=1S/C19H19N3O/c1-2-6-15-9-10-18(13-16(15)14-20)22-12-11-21(19(22)23)17-7-4-3-5-8-17/h2-10,13-14H,1,11-12,20H2/b15-6-,16-14-. The summed E-state index contributed by atoms with van der Waals surface area (Å²) in [6.45, 7) is 5.03. The van der Waals surface area contributed by atoms with Crippen molar-refractivity contribution in [1.82, 2.24) is 0 Å². The van der Waals surface area contributed by atoms with Crippen LogP contribution in [0.15, 0.2) is 61.2 Å². The second-order valence-corrected chi connectivity index (χ2v) is 5.30. The Morgan fingerprint density at radius 3 is 2.30 bits per heavy atom. The predicted molar refractivity (Wildman–Crippen MR) is 95.5 cm³/mol. The van der Waals surface area contributed by atoms with E-state index in [1.165, 1.54) is 0 Å². The molecule has 1 fully saturated rings. The first-order valence-corrected chi connectivity index (χ1v) is 7.53. The number of rotatable bonds is 3. The van der Waals surface area contributed by atoms with Crippen molar-refractivity contribution >= 4 is 29.7 Å². The van der Waals surface area contributed by atoms with Crippen LogP contribution in [0.4, 0.5) is 16.2 Å². The average molecular weight is 305 g/mol. The first-order valence-electron chi connectivity index (χ1n) is 7.53. The molecule has 0 unspecified atom stereocenters. The summed E-state index contributed by atoms with van der Waals surface area (Å²) >= 11 is 0. The largest absolute Gasteiger partial charge is 0.404 e. The van der Waals surface area contributed by atoms with Gasteiger partial charge < -0.3 is 5.73 Å². The summed E-state index contributed by atoms with van der Waals surface area (Å²) in [5.41, 5.74) is 7.48. The van der Waals surface area contributed by atoms with E-state index in [2.05, 4.69) is 6.58 Å². The smallest absolute Gasteiger partial charge is 0.329 e. The molecule has 23 heavy (non-hydrogen) atoms. The summed E-state index contributed by atoms with van der Waals surface area (Å²) in [4.78, 5) is 16.3. The van der Waals surface area contributed by atoms with E-state index in [1.54, 1.807) is 22.1 Å². The minimum absolute atomic E-state index is 0.0142. The molecule has 0 atom stereocenters. The van der Waals surface area contributed by atoms with Crippen molar-refractivity contribution in [1.29, 1.82) is 0 Å². The van der Waals surface area contributed by atoms with E-state index in [4.69, 9.17) is 5.73 Å². The van der Waals surface area contributed by atoms with Gasteiger partial charge in [-0.2, -0.15) is 0 Å². The average Bonchev–Trinajstić information content (AvgIpc) is 2.98. The number of hydrogen-bond acceptors (Lipinski definition) is 2. The number of para-hydroxylation sites is 1. The van der Waals surface area contributed by atoms with Crippen molar-refractivity contribution in [2.24, 2.45) is 5.73 Å². The summed E-state index contributed by atoms with van der Waals surface area (Å²) in [7, 11) is 0. The number of carbonyl (C=O) groups excluding carboxylic acids is 1. The van der Waals surface area contributed by atoms with Gasteiger partial charge >= 0.3 is 6.03 Å². The fourth-order valence-corrected chi connectivity index (χ4v) is 2.78. The second-order valence-electron chi connectivity index (χ2n) is 5.30. The van der Waals surface area contributed by atoms with Crippen LogP contribution < -0.4 is 26.0 Å². The monoisotopic (exact) mass is 305 g/mol. The number of urea groups is 1. The molecule has 0 bridgehead atoms. The van der Waals surface area contributed by atoms with Gasteiger partial charge in [0.2, 0.25) is 0 Å². The summed E-state index contributed by atoms with van der Waals surface area (Å²) < 4.78 is 0. The number of nitrogens with two attached hydrogens (primary N) is 1. The summed E-state index contributed by atoms with van der Waals surface area (Å²) in [5, 5.41) is 1.87. The maximum absolute atomic E-state index is 12.7. The van der Waals surface area contributed by atoms with E-state index in [0.717, 1.165) is 21.8 Å². The molecule has 4 heteroatoms. The van der Waals surface area contributed by atoms with Gasteiger partial charge in [-0.15, -0.1) is 0 Å². The summed E-state index contributed by atoms with van der Waals surface area (Å²) in [5.74, 6) is 0. The number of allylic oxidation sites excluding steroid dienone is 1. The zero-order valence-corrected chi connectivity index (χ0v) is 12.9. The van der Waals surface area contributed by atoms with Crippen LogP contribution in [0, 0.1) is 0 Å². The summed E-state index contributed by atoms with van der Waals surface area (Å²) in [6, 6.07) is 15.5. The molecule has 2 amide bonds. The first kappa shape index (κ1) is 14.9. The van der Waals surface area contributed by atoms with Gasteiger partial charge in [0.15, 0.2) is 0 Å². The van der Waals surface area contributed by atoms with Crippen LogP contribution in [-0.4, -0.2) is 19.1 Å². The molecule has 1 saturated heterocycles. The molecule has 2 aromatic carbocycles. The van der Waals surface area contributed by atoms with Gasteiger partial charge in [0, 0.05) is 30.7 Å². The molecule has 116 valence electrons. The minimum atomic E-state index is -0.0142. The number of carbonyl (C=O) groups is 1. The van der Waals surface area contributed by atoms with E-state index < -0.39 is 0 Å². The van der Waals surface area contributed by atoms with Crippen molar-refractivity contribution in [3.05, 3.63) is 71.6 Å². The van der Waals surface area contributed by atoms with Crippen LogP contribution >= 0.6 is 0 Å². The Balaban J connectivity index is 1.94.